The van der Waals surface area contributed by atoms with Crippen molar-refractivity contribution in [3.05, 3.63) is 153 Å². The van der Waals surface area contributed by atoms with Crippen LogP contribution in [0.4, 0.5) is 4.39 Å². The summed E-state index contributed by atoms with van der Waals surface area (Å²) >= 11 is 6.62. The van der Waals surface area contributed by atoms with Gasteiger partial charge in [0, 0.05) is 51.3 Å². The molecule has 0 radical (unpaired) electrons. The Morgan fingerprint density at radius 3 is 2.23 bits per heavy atom. The highest BCUT2D eigenvalue weighted by molar-refractivity contribution is 6.32. The van der Waals surface area contributed by atoms with Crippen LogP contribution in [0.25, 0.3) is 6.08 Å². The molecule has 1 aromatic heterocycles. The van der Waals surface area contributed by atoms with Gasteiger partial charge in [-0.15, -0.1) is 0 Å². The Morgan fingerprint density at radius 2 is 1.54 bits per heavy atom. The molecule has 1 saturated heterocycles. The van der Waals surface area contributed by atoms with Gasteiger partial charge in [0.2, 0.25) is 11.8 Å². The Hall–Kier alpha value is -5.18. The summed E-state index contributed by atoms with van der Waals surface area (Å²) < 4.78 is 31.3. The highest BCUT2D eigenvalue weighted by atomic mass is 35.5. The van der Waals surface area contributed by atoms with Crippen LogP contribution in [0.2, 0.25) is 5.02 Å². The molecule has 6 rings (SSSR count). The largest absolute Gasteiger partial charge is 0.493 e. The zero-order valence-electron chi connectivity index (χ0n) is 29.8. The average molecular weight is 720 g/mol. The van der Waals surface area contributed by atoms with Crippen LogP contribution in [-0.2, 0) is 24.4 Å². The first kappa shape index (κ1) is 36.6. The zero-order chi connectivity index (χ0) is 36.5. The van der Waals surface area contributed by atoms with E-state index in [2.05, 4.69) is 53.2 Å². The van der Waals surface area contributed by atoms with Gasteiger partial charge in [-0.05, 0) is 103 Å². The summed E-state index contributed by atoms with van der Waals surface area (Å²) in [6.07, 6.45) is 5.80. The smallest absolute Gasteiger partial charge is 0.246 e. The van der Waals surface area contributed by atoms with Gasteiger partial charge < -0.3 is 19.1 Å². The van der Waals surface area contributed by atoms with Crippen LogP contribution >= 0.6 is 11.6 Å². The second kappa shape index (κ2) is 17.4. The van der Waals surface area contributed by atoms with Crippen LogP contribution in [0.5, 0.6) is 23.1 Å². The fraction of sp³-hybridized carbons (Fsp3) is 0.256. The van der Waals surface area contributed by atoms with Crippen molar-refractivity contribution in [3.8, 4) is 23.1 Å². The number of rotatable bonds is 13. The number of ether oxygens (including phenoxy) is 3. The Balaban J connectivity index is 0.935. The number of amides is 1. The molecule has 1 aliphatic rings. The molecule has 9 heteroatoms. The van der Waals surface area contributed by atoms with E-state index in [1.54, 1.807) is 36.5 Å². The average Bonchev–Trinajstić information content (AvgIpc) is 3.13. The number of carbonyl (C=O) groups is 1. The van der Waals surface area contributed by atoms with Crippen LogP contribution in [0, 0.1) is 26.6 Å². The first-order valence-corrected chi connectivity index (χ1v) is 17.8. The lowest BCUT2D eigenvalue weighted by atomic mass is 10.1. The maximum absolute atomic E-state index is 13.7. The molecule has 0 atom stereocenters. The number of nitrogens with zero attached hydrogens (tertiary/aromatic N) is 3. The van der Waals surface area contributed by atoms with Crippen LogP contribution in [-0.4, -0.2) is 53.5 Å². The second-order valence-corrected chi connectivity index (χ2v) is 13.6. The third-order valence-corrected chi connectivity index (χ3v) is 9.17. The first-order chi connectivity index (χ1) is 25.2. The van der Waals surface area contributed by atoms with Crippen molar-refractivity contribution in [2.75, 3.05) is 32.8 Å². The molecule has 0 aliphatic carbocycles. The molecule has 0 bridgehead atoms. The Kier molecular flexibility index (Phi) is 12.2. The Labute approximate surface area is 310 Å². The van der Waals surface area contributed by atoms with Gasteiger partial charge in [-0.2, -0.15) is 0 Å². The van der Waals surface area contributed by atoms with E-state index < -0.39 is 0 Å². The number of aryl methyl sites for hydroxylation is 3. The fourth-order valence-corrected chi connectivity index (χ4v) is 6.37. The van der Waals surface area contributed by atoms with Crippen molar-refractivity contribution in [3.63, 3.8) is 0 Å². The molecule has 0 unspecified atom stereocenters. The number of halogens is 2. The lowest BCUT2D eigenvalue weighted by Gasteiger charge is -2.34. The van der Waals surface area contributed by atoms with Gasteiger partial charge >= 0.3 is 0 Å². The maximum Gasteiger partial charge on any atom is 0.246 e. The molecule has 52 heavy (non-hydrogen) atoms. The molecule has 1 fully saturated rings. The highest BCUT2D eigenvalue weighted by Crippen LogP contribution is 2.34. The lowest BCUT2D eigenvalue weighted by molar-refractivity contribution is -0.127. The minimum atomic E-state index is -0.291. The molecule has 268 valence electrons. The monoisotopic (exact) mass is 719 g/mol. The van der Waals surface area contributed by atoms with Gasteiger partial charge in [-0.3, -0.25) is 9.69 Å². The van der Waals surface area contributed by atoms with Crippen molar-refractivity contribution < 1.29 is 23.4 Å². The molecule has 0 N–H and O–H groups in total. The van der Waals surface area contributed by atoms with Crippen molar-refractivity contribution in [1.82, 2.24) is 14.8 Å². The number of hydrogen-bond donors (Lipinski definition) is 0. The van der Waals surface area contributed by atoms with Gasteiger partial charge in [0.15, 0.2) is 5.75 Å². The molecular formula is C43H43ClFN3O4. The molecule has 7 nitrogen and oxygen atoms in total. The molecule has 1 aliphatic heterocycles. The standard InChI is InChI=1S/C43H43ClFN3O4/c1-30-4-11-38(12-5-30)50-21-16-33-6-8-34(9-7-33)28-47-17-19-48(20-18-47)42(49)15-10-35-24-32(3)43(40(44)26-35)52-41-14-13-39(27-46-41)51-29-36-22-31(2)23-37(45)25-36/h4-15,22-27H,16-21,28-29H2,1-3H3/b15-10+. The summed E-state index contributed by atoms with van der Waals surface area (Å²) in [7, 11) is 0. The van der Waals surface area contributed by atoms with Crippen molar-refractivity contribution in [1.29, 1.82) is 0 Å². The summed E-state index contributed by atoms with van der Waals surface area (Å²) in [4.78, 5) is 21.6. The van der Waals surface area contributed by atoms with Gasteiger partial charge in [-0.25, -0.2) is 9.37 Å². The van der Waals surface area contributed by atoms with E-state index in [9.17, 15) is 9.18 Å². The number of aromatic nitrogens is 1. The summed E-state index contributed by atoms with van der Waals surface area (Å²) in [5.74, 6) is 1.96. The summed E-state index contributed by atoms with van der Waals surface area (Å²) in [5.41, 5.74) is 6.92. The SMILES string of the molecule is Cc1ccc(OCCc2ccc(CN3CCN(C(=O)/C=C/c4cc(C)c(Oc5ccc(OCc6cc(C)cc(F)c6)cn5)c(Cl)c4)CC3)cc2)cc1. The number of carbonyl (C=O) groups excluding carboxylic acids is 1. The van der Waals surface area contributed by atoms with E-state index in [4.69, 9.17) is 25.8 Å². The number of hydrogen-bond acceptors (Lipinski definition) is 6. The predicted octanol–water partition coefficient (Wildman–Crippen LogP) is 9.15. The molecule has 0 spiro atoms. The van der Waals surface area contributed by atoms with E-state index in [1.807, 2.05) is 43.0 Å². The summed E-state index contributed by atoms with van der Waals surface area (Å²) in [6.45, 7) is 10.5. The normalized spacial score (nSPS) is 13.4. The molecule has 0 saturated carbocycles. The van der Waals surface area contributed by atoms with Crippen LogP contribution in [0.15, 0.2) is 103 Å². The van der Waals surface area contributed by atoms with Crippen molar-refractivity contribution >= 4 is 23.6 Å². The maximum atomic E-state index is 13.7. The molecule has 1 amide bonds. The van der Waals surface area contributed by atoms with Crippen molar-refractivity contribution in [2.45, 2.75) is 40.3 Å². The molecule has 4 aromatic carbocycles. The number of piperazine rings is 1. The number of pyridine rings is 1. The van der Waals surface area contributed by atoms with E-state index in [0.717, 1.165) is 54.1 Å². The third-order valence-electron chi connectivity index (χ3n) is 8.89. The van der Waals surface area contributed by atoms with E-state index in [1.165, 1.54) is 28.8 Å². The van der Waals surface area contributed by atoms with Gasteiger partial charge in [0.1, 0.15) is 23.9 Å². The minimum Gasteiger partial charge on any atom is -0.493 e. The first-order valence-electron chi connectivity index (χ1n) is 17.5. The zero-order valence-corrected chi connectivity index (χ0v) is 30.5. The molecule has 2 heterocycles. The van der Waals surface area contributed by atoms with Gasteiger partial charge in [0.05, 0.1) is 17.8 Å². The summed E-state index contributed by atoms with van der Waals surface area (Å²) in [6, 6.07) is 28.8. The third kappa shape index (κ3) is 10.4. The lowest BCUT2D eigenvalue weighted by Crippen LogP contribution is -2.47. The van der Waals surface area contributed by atoms with Crippen LogP contribution in [0.3, 0.4) is 0 Å². The van der Waals surface area contributed by atoms with Gasteiger partial charge in [0.25, 0.3) is 0 Å². The fourth-order valence-electron chi connectivity index (χ4n) is 6.05. The topological polar surface area (TPSA) is 64.1 Å². The van der Waals surface area contributed by atoms with Crippen LogP contribution in [0.1, 0.15) is 38.9 Å². The van der Waals surface area contributed by atoms with E-state index in [-0.39, 0.29) is 18.3 Å². The predicted molar refractivity (Wildman–Crippen MR) is 204 cm³/mol. The van der Waals surface area contributed by atoms with Crippen LogP contribution < -0.4 is 14.2 Å². The quantitative estimate of drug-likeness (QED) is 0.113. The van der Waals surface area contributed by atoms with Crippen molar-refractivity contribution in [2.24, 2.45) is 0 Å². The van der Waals surface area contributed by atoms with E-state index in [0.29, 0.717) is 42.1 Å². The highest BCUT2D eigenvalue weighted by Gasteiger charge is 2.20. The summed E-state index contributed by atoms with van der Waals surface area (Å²) in [5, 5.41) is 0.410. The molecular weight excluding hydrogens is 677 g/mol. The molecule has 5 aromatic rings. The number of benzene rings is 4. The minimum absolute atomic E-state index is 0.0231. The van der Waals surface area contributed by atoms with Gasteiger partial charge in [-0.1, -0.05) is 59.6 Å². The second-order valence-electron chi connectivity index (χ2n) is 13.2. The van der Waals surface area contributed by atoms with E-state index >= 15 is 0 Å². The Morgan fingerprint density at radius 1 is 0.808 bits per heavy atom. The Bertz CT molecular complexity index is 1950.